The number of amidine groups is 2. The molecule has 8 aromatic rings. The van der Waals surface area contributed by atoms with Gasteiger partial charge in [0.15, 0.2) is 34.7 Å². The Bertz CT molecular complexity index is 3210. The molecular weight excluding hydrogens is 809 g/mol. The van der Waals surface area contributed by atoms with Crippen molar-refractivity contribution < 1.29 is 30.6 Å². The van der Waals surface area contributed by atoms with Gasteiger partial charge in [-0.1, -0.05) is 133 Å². The lowest BCUT2D eigenvalue weighted by Crippen LogP contribution is -2.14. The zero-order valence-corrected chi connectivity index (χ0v) is 34.3. The van der Waals surface area contributed by atoms with Crippen LogP contribution in [0.15, 0.2) is 178 Å². The first-order chi connectivity index (χ1) is 30.7. The van der Waals surface area contributed by atoms with E-state index in [2.05, 4.69) is 48.1 Å². The van der Waals surface area contributed by atoms with Gasteiger partial charge in [0.1, 0.15) is 22.5 Å². The molecule has 6 N–H and O–H groups in total. The molecule has 2 atom stereocenters. The third kappa shape index (κ3) is 6.66. The third-order valence-corrected chi connectivity index (χ3v) is 13.0. The Morgan fingerprint density at radius 1 is 0.635 bits per heavy atom. The first-order valence-corrected chi connectivity index (χ1v) is 21.0. The van der Waals surface area contributed by atoms with E-state index in [1.807, 2.05) is 109 Å². The number of benzene rings is 7. The van der Waals surface area contributed by atoms with Crippen molar-refractivity contribution in [1.29, 1.82) is 0 Å². The minimum absolute atomic E-state index is 0.0363. The molecule has 0 amide bonds. The first-order valence-electron chi connectivity index (χ1n) is 20.2. The Kier molecular flexibility index (Phi) is 9.80. The molecule has 11 heteroatoms. The number of aromatic hydroxyl groups is 6. The number of rotatable bonds is 7. The van der Waals surface area contributed by atoms with Gasteiger partial charge in [-0.3, -0.25) is 4.99 Å². The fourth-order valence-corrected chi connectivity index (χ4v) is 10.2. The van der Waals surface area contributed by atoms with Crippen LogP contribution in [0.3, 0.4) is 0 Å². The van der Waals surface area contributed by atoms with E-state index in [0.29, 0.717) is 40.6 Å². The molecule has 0 bridgehead atoms. The predicted octanol–water partition coefficient (Wildman–Crippen LogP) is 11.0. The molecule has 1 aliphatic carbocycles. The zero-order valence-electron chi connectivity index (χ0n) is 33.5. The number of fused-ring (bicyclic) bond motifs is 6. The Hall–Kier alpha value is -8.02. The number of hydrogen-bond donors (Lipinski definition) is 6. The highest BCUT2D eigenvalue weighted by atomic mass is 32.2. The molecule has 1 aromatic heterocycles. The van der Waals surface area contributed by atoms with E-state index in [-0.39, 0.29) is 33.0 Å². The van der Waals surface area contributed by atoms with E-state index in [1.165, 1.54) is 10.5 Å². The number of aromatic nitrogens is 1. The van der Waals surface area contributed by atoms with Crippen LogP contribution < -0.4 is 0 Å². The van der Waals surface area contributed by atoms with Crippen LogP contribution in [0.5, 0.6) is 34.5 Å². The van der Waals surface area contributed by atoms with Gasteiger partial charge in [0.25, 0.3) is 0 Å². The number of thioether (sulfide) groups is 1. The maximum atomic E-state index is 11.7. The normalized spacial score (nSPS) is 16.0. The summed E-state index contributed by atoms with van der Waals surface area (Å²) in [4.78, 5) is 15.7. The fourth-order valence-electron chi connectivity index (χ4n) is 8.73. The maximum Gasteiger partial charge on any atom is 0.168 e. The van der Waals surface area contributed by atoms with E-state index in [4.69, 9.17) is 9.98 Å². The number of hydrogen-bond acceptors (Lipinski definition) is 8. The molecule has 2 unspecified atom stereocenters. The van der Waals surface area contributed by atoms with Gasteiger partial charge in [0, 0.05) is 44.9 Å². The maximum absolute atomic E-state index is 11.7. The molecule has 2 aliphatic rings. The molecule has 10 rings (SSSR count). The van der Waals surface area contributed by atoms with Crippen molar-refractivity contribution in [2.45, 2.75) is 22.6 Å². The van der Waals surface area contributed by atoms with Crippen molar-refractivity contribution in [1.82, 2.24) is 4.57 Å². The average molecular weight is 847 g/mol. The summed E-state index contributed by atoms with van der Waals surface area (Å²) in [5.41, 5.74) is 7.04. The summed E-state index contributed by atoms with van der Waals surface area (Å²) >= 11 is 1.79. The summed E-state index contributed by atoms with van der Waals surface area (Å²) in [6.45, 7) is 4.14. The van der Waals surface area contributed by atoms with E-state index < -0.39 is 34.5 Å². The van der Waals surface area contributed by atoms with Crippen molar-refractivity contribution in [2.75, 3.05) is 0 Å². The van der Waals surface area contributed by atoms with Crippen LogP contribution in [0.4, 0.5) is 0 Å². The largest absolute Gasteiger partial charge is 0.506 e. The topological polar surface area (TPSA) is 163 Å². The van der Waals surface area contributed by atoms with Gasteiger partial charge in [-0.15, -0.1) is 11.8 Å². The standard InChI is InChI=1S/C52H38N4O6S/c1-53-51(30-15-6-3-7-16-30)55-52(54-28-29-13-4-2-5-14-29)37-19-9-8-17-33(37)34-24-23-31(32-20-12-21-36-35-18-10-11-22-43(35)63-50(32)36)25-38(34)56-46-39(57)26-41(59)48(61)44(46)45-47(56)40(58)27-42(60)49(45)62/h2-27,36,50,57-62H,1,28H2. The Balaban J connectivity index is 1.27. The highest BCUT2D eigenvalue weighted by Crippen LogP contribution is 2.55. The van der Waals surface area contributed by atoms with Gasteiger partial charge >= 0.3 is 0 Å². The second kappa shape index (κ2) is 15.8. The number of phenols is 6. The predicted molar refractivity (Wildman–Crippen MR) is 251 cm³/mol. The fraction of sp³-hybridized carbons (Fsp3) is 0.0577. The van der Waals surface area contributed by atoms with Gasteiger partial charge in [-0.05, 0) is 46.7 Å². The summed E-state index contributed by atoms with van der Waals surface area (Å²) in [5, 5.41) is 67.6. The van der Waals surface area contributed by atoms with Gasteiger partial charge in [0.2, 0.25) is 0 Å². The SMILES string of the molecule is C=NC(=NC(=NCc1ccccc1)c1ccccc1-c1ccc(C2=CC=CC3c4ccccc4SC23)cc1-n1c2c(O)cc(O)c(O)c2c2c(O)c(O)cc(O)c21)c1ccccc1. The zero-order chi connectivity index (χ0) is 43.4. The first kappa shape index (κ1) is 39.1. The minimum Gasteiger partial charge on any atom is -0.506 e. The van der Waals surface area contributed by atoms with Crippen molar-refractivity contribution in [3.05, 3.63) is 186 Å². The molecule has 0 radical (unpaired) electrons. The summed E-state index contributed by atoms with van der Waals surface area (Å²) in [7, 11) is 0. The van der Waals surface area contributed by atoms with E-state index in [1.54, 1.807) is 16.3 Å². The molecule has 7 aromatic carbocycles. The molecule has 1 aliphatic heterocycles. The summed E-state index contributed by atoms with van der Waals surface area (Å²) in [6.07, 6.45) is 6.37. The van der Waals surface area contributed by atoms with Crippen LogP contribution in [0.25, 0.3) is 44.2 Å². The average Bonchev–Trinajstić information content (AvgIpc) is 3.89. The van der Waals surface area contributed by atoms with E-state index in [9.17, 15) is 30.6 Å². The second-order valence-electron chi connectivity index (χ2n) is 15.3. The Morgan fingerprint density at radius 2 is 1.27 bits per heavy atom. The van der Waals surface area contributed by atoms with E-state index in [0.717, 1.165) is 34.4 Å². The number of aliphatic imine (C=N–C) groups is 3. The highest BCUT2D eigenvalue weighted by molar-refractivity contribution is 8.00. The Morgan fingerprint density at radius 3 is 1.97 bits per heavy atom. The van der Waals surface area contributed by atoms with Crippen molar-refractivity contribution in [3.8, 4) is 51.3 Å². The molecule has 0 spiro atoms. The second-order valence-corrected chi connectivity index (χ2v) is 16.5. The van der Waals surface area contributed by atoms with Gasteiger partial charge in [-0.2, -0.15) is 0 Å². The van der Waals surface area contributed by atoms with Gasteiger partial charge in [0.05, 0.1) is 23.0 Å². The highest BCUT2D eigenvalue weighted by Gasteiger charge is 2.36. The Labute approximate surface area is 365 Å². The lowest BCUT2D eigenvalue weighted by atomic mass is 9.84. The quantitative estimate of drug-likeness (QED) is 0.0402. The van der Waals surface area contributed by atoms with Crippen molar-refractivity contribution >= 4 is 57.5 Å². The van der Waals surface area contributed by atoms with Crippen LogP contribution in [0.2, 0.25) is 0 Å². The number of allylic oxidation sites excluding steroid dienone is 3. The van der Waals surface area contributed by atoms with Crippen molar-refractivity contribution in [3.63, 3.8) is 0 Å². The van der Waals surface area contributed by atoms with Crippen molar-refractivity contribution in [2.24, 2.45) is 15.0 Å². The van der Waals surface area contributed by atoms with Gasteiger partial charge < -0.3 is 35.2 Å². The lowest BCUT2D eigenvalue weighted by molar-refractivity contribution is 0.400. The molecule has 0 saturated carbocycles. The summed E-state index contributed by atoms with van der Waals surface area (Å²) in [6, 6.07) is 43.2. The monoisotopic (exact) mass is 846 g/mol. The van der Waals surface area contributed by atoms with E-state index >= 15 is 0 Å². The smallest absolute Gasteiger partial charge is 0.168 e. The van der Waals surface area contributed by atoms with Crippen LogP contribution >= 0.6 is 11.8 Å². The minimum atomic E-state index is -0.664. The summed E-state index contributed by atoms with van der Waals surface area (Å²) in [5.74, 6) is -2.73. The third-order valence-electron chi connectivity index (χ3n) is 11.6. The number of phenolic OH excluding ortho intramolecular Hbond substituents is 6. The molecule has 0 fully saturated rings. The molecule has 0 saturated heterocycles. The summed E-state index contributed by atoms with van der Waals surface area (Å²) < 4.78 is 1.54. The lowest BCUT2D eigenvalue weighted by Gasteiger charge is -2.25. The molecule has 63 heavy (non-hydrogen) atoms. The molecule has 10 nitrogen and oxygen atoms in total. The number of nitrogens with zero attached hydrogens (tertiary/aromatic N) is 4. The van der Waals surface area contributed by atoms with Gasteiger partial charge in [-0.25, -0.2) is 9.98 Å². The van der Waals surface area contributed by atoms with Crippen LogP contribution in [-0.4, -0.2) is 58.8 Å². The molecule has 308 valence electrons. The van der Waals surface area contributed by atoms with Crippen LogP contribution in [0, 0.1) is 0 Å². The van der Waals surface area contributed by atoms with Crippen LogP contribution in [-0.2, 0) is 6.54 Å². The molecular formula is C52H38N4O6S. The molecule has 2 heterocycles. The van der Waals surface area contributed by atoms with Crippen LogP contribution in [0.1, 0.15) is 33.7 Å².